The summed E-state index contributed by atoms with van der Waals surface area (Å²) in [6.45, 7) is 13.2. The summed E-state index contributed by atoms with van der Waals surface area (Å²) in [7, 11) is 0. The number of nitrogens with one attached hydrogen (secondary N) is 1. The smallest absolute Gasteiger partial charge is 0.412 e. The Morgan fingerprint density at radius 2 is 1.50 bits per heavy atom. The highest BCUT2D eigenvalue weighted by Gasteiger charge is 2.26. The molecule has 0 bridgehead atoms. The van der Waals surface area contributed by atoms with Crippen molar-refractivity contribution in [3.8, 4) is 11.1 Å². The molecule has 3 aromatic rings. The Hall–Kier alpha value is -4.47. The van der Waals surface area contributed by atoms with Crippen molar-refractivity contribution in [2.24, 2.45) is 0 Å². The first-order valence-corrected chi connectivity index (χ1v) is 14.0. The third-order valence-electron chi connectivity index (χ3n) is 6.43. The van der Waals surface area contributed by atoms with E-state index in [1.165, 1.54) is 0 Å². The van der Waals surface area contributed by atoms with Crippen molar-refractivity contribution in [1.29, 1.82) is 0 Å². The second kappa shape index (κ2) is 12.6. The minimum Gasteiger partial charge on any atom is -0.444 e. The van der Waals surface area contributed by atoms with Gasteiger partial charge in [0.25, 0.3) is 0 Å². The van der Waals surface area contributed by atoms with E-state index >= 15 is 0 Å². The van der Waals surface area contributed by atoms with E-state index in [4.69, 9.17) is 9.47 Å². The molecule has 4 rings (SSSR count). The number of aromatic nitrogens is 2. The van der Waals surface area contributed by atoms with Crippen molar-refractivity contribution in [3.63, 3.8) is 0 Å². The topological polar surface area (TPSA) is 114 Å². The summed E-state index contributed by atoms with van der Waals surface area (Å²) in [6, 6.07) is 12.9. The summed E-state index contributed by atoms with van der Waals surface area (Å²) < 4.78 is 10.9. The number of carbonyl (C=O) groups excluding carboxylic acids is 3. The van der Waals surface area contributed by atoms with Crippen LogP contribution in [0.2, 0.25) is 0 Å². The van der Waals surface area contributed by atoms with Gasteiger partial charge in [0.1, 0.15) is 17.0 Å². The Labute approximate surface area is 247 Å². The summed E-state index contributed by atoms with van der Waals surface area (Å²) in [6.07, 6.45) is 4.13. The Morgan fingerprint density at radius 3 is 2.10 bits per heavy atom. The van der Waals surface area contributed by atoms with Crippen LogP contribution in [0.15, 0.2) is 61.1 Å². The Morgan fingerprint density at radius 1 is 0.833 bits per heavy atom. The van der Waals surface area contributed by atoms with Gasteiger partial charge in [0.05, 0.1) is 0 Å². The molecule has 1 N–H and O–H groups in total. The first-order valence-electron chi connectivity index (χ1n) is 14.0. The molecule has 1 aromatic carbocycles. The Kier molecular flexibility index (Phi) is 9.14. The van der Waals surface area contributed by atoms with Gasteiger partial charge >= 0.3 is 12.2 Å². The molecule has 10 nitrogen and oxygen atoms in total. The number of hydrogen-bond acceptors (Lipinski definition) is 8. The van der Waals surface area contributed by atoms with Gasteiger partial charge in [-0.1, -0.05) is 6.07 Å². The third kappa shape index (κ3) is 8.52. The maximum absolute atomic E-state index is 13.4. The third-order valence-corrected chi connectivity index (χ3v) is 6.43. The van der Waals surface area contributed by atoms with Crippen LogP contribution in [0, 0.1) is 0 Å². The lowest BCUT2D eigenvalue weighted by molar-refractivity contribution is 0.0240. The lowest BCUT2D eigenvalue weighted by Gasteiger charge is -2.36. The molecular weight excluding hydrogens is 534 g/mol. The number of pyridine rings is 2. The predicted molar refractivity (Wildman–Crippen MR) is 162 cm³/mol. The van der Waals surface area contributed by atoms with Gasteiger partial charge in [-0.2, -0.15) is 0 Å². The number of carbonyl (C=O) groups is 3. The summed E-state index contributed by atoms with van der Waals surface area (Å²) in [4.78, 5) is 50.7. The molecule has 0 spiro atoms. The molecule has 1 aliphatic heterocycles. The number of benzene rings is 1. The van der Waals surface area contributed by atoms with E-state index in [0.717, 1.165) is 16.9 Å². The number of hydrogen-bond donors (Lipinski definition) is 1. The van der Waals surface area contributed by atoms with E-state index < -0.39 is 17.3 Å². The van der Waals surface area contributed by atoms with Crippen LogP contribution in [-0.2, 0) is 15.9 Å². The molecule has 0 aliphatic carbocycles. The zero-order chi connectivity index (χ0) is 30.5. The van der Waals surface area contributed by atoms with E-state index in [1.807, 2.05) is 51.1 Å². The van der Waals surface area contributed by atoms with Crippen LogP contribution in [0.1, 0.15) is 57.5 Å². The standard InChI is InChI=1S/C32H39N5O5/c1-31(2,3)41-29(39)35-26-9-7-23(22-11-13-33-14-12-22)19-25(26)20-27(38)24-8-10-28(34-21-24)36-15-17-37(18-16-36)30(40)42-32(4,5)6/h7-14,19,21H,15-18,20H2,1-6H3,(H,35,39). The number of rotatable bonds is 6. The second-order valence-corrected chi connectivity index (χ2v) is 12.2. The second-order valence-electron chi connectivity index (χ2n) is 12.2. The van der Waals surface area contributed by atoms with Crippen molar-refractivity contribution in [3.05, 3.63) is 72.2 Å². The van der Waals surface area contributed by atoms with Crippen LogP contribution in [0.5, 0.6) is 0 Å². The van der Waals surface area contributed by atoms with Crippen molar-refractivity contribution >= 4 is 29.5 Å². The average molecular weight is 574 g/mol. The van der Waals surface area contributed by atoms with Crippen LogP contribution in [0.3, 0.4) is 0 Å². The summed E-state index contributed by atoms with van der Waals surface area (Å²) in [5.41, 5.74) is 2.26. The highest BCUT2D eigenvalue weighted by molar-refractivity contribution is 5.99. The molecule has 1 saturated heterocycles. The number of amides is 2. The van der Waals surface area contributed by atoms with Crippen LogP contribution >= 0.6 is 0 Å². The summed E-state index contributed by atoms with van der Waals surface area (Å²) in [5.74, 6) is 0.602. The predicted octanol–water partition coefficient (Wildman–Crippen LogP) is 5.97. The molecule has 0 unspecified atom stereocenters. The Balaban J connectivity index is 1.46. The molecule has 3 heterocycles. The number of anilines is 2. The van der Waals surface area contributed by atoms with Crippen molar-refractivity contribution in [2.45, 2.75) is 59.2 Å². The van der Waals surface area contributed by atoms with Crippen LogP contribution < -0.4 is 10.2 Å². The number of nitrogens with zero attached hydrogens (tertiary/aromatic N) is 4. The quantitative estimate of drug-likeness (QED) is 0.359. The normalized spacial score (nSPS) is 13.9. The Bertz CT molecular complexity index is 1400. The largest absolute Gasteiger partial charge is 0.444 e. The fourth-order valence-corrected chi connectivity index (χ4v) is 4.46. The number of piperazine rings is 1. The lowest BCUT2D eigenvalue weighted by Crippen LogP contribution is -2.50. The zero-order valence-corrected chi connectivity index (χ0v) is 25.1. The van der Waals surface area contributed by atoms with Gasteiger partial charge in [-0.15, -0.1) is 0 Å². The van der Waals surface area contributed by atoms with Crippen molar-refractivity contribution < 1.29 is 23.9 Å². The van der Waals surface area contributed by atoms with Gasteiger partial charge in [0.2, 0.25) is 0 Å². The fraction of sp³-hybridized carbons (Fsp3) is 0.406. The van der Waals surface area contributed by atoms with Gasteiger partial charge in [0.15, 0.2) is 5.78 Å². The van der Waals surface area contributed by atoms with Gasteiger partial charge in [-0.25, -0.2) is 14.6 Å². The molecule has 2 aromatic heterocycles. The average Bonchev–Trinajstić information content (AvgIpc) is 2.92. The highest BCUT2D eigenvalue weighted by atomic mass is 16.6. The van der Waals surface area contributed by atoms with E-state index in [1.54, 1.807) is 56.4 Å². The first kappa shape index (κ1) is 30.5. The van der Waals surface area contributed by atoms with Crippen LogP contribution in [-0.4, -0.2) is 70.2 Å². The van der Waals surface area contributed by atoms with E-state index in [9.17, 15) is 14.4 Å². The SMILES string of the molecule is CC(C)(C)OC(=O)Nc1ccc(-c2ccncc2)cc1CC(=O)c1ccc(N2CCN(C(=O)OC(C)(C)C)CC2)nc1. The molecular formula is C32H39N5O5. The molecule has 0 radical (unpaired) electrons. The lowest BCUT2D eigenvalue weighted by atomic mass is 9.97. The molecule has 42 heavy (non-hydrogen) atoms. The van der Waals surface area contributed by atoms with Crippen molar-refractivity contribution in [2.75, 3.05) is 36.4 Å². The van der Waals surface area contributed by atoms with Crippen molar-refractivity contribution in [1.82, 2.24) is 14.9 Å². The summed E-state index contributed by atoms with van der Waals surface area (Å²) in [5, 5.41) is 2.79. The molecule has 0 saturated carbocycles. The fourth-order valence-electron chi connectivity index (χ4n) is 4.46. The van der Waals surface area contributed by atoms with Gasteiger partial charge < -0.3 is 19.3 Å². The van der Waals surface area contributed by atoms with Crippen LogP contribution in [0.4, 0.5) is 21.1 Å². The molecule has 1 fully saturated rings. The monoisotopic (exact) mass is 573 g/mol. The van der Waals surface area contributed by atoms with Crippen LogP contribution in [0.25, 0.3) is 11.1 Å². The van der Waals surface area contributed by atoms with Gasteiger partial charge in [-0.3, -0.25) is 15.1 Å². The van der Waals surface area contributed by atoms with E-state index in [-0.39, 0.29) is 18.3 Å². The highest BCUT2D eigenvalue weighted by Crippen LogP contribution is 2.27. The minimum atomic E-state index is -0.660. The minimum absolute atomic E-state index is 0.0552. The maximum atomic E-state index is 13.4. The van der Waals surface area contributed by atoms with E-state index in [2.05, 4.69) is 20.2 Å². The first-order chi connectivity index (χ1) is 19.8. The molecule has 2 amide bonds. The van der Waals surface area contributed by atoms with Gasteiger partial charge in [-0.05, 0) is 94.6 Å². The summed E-state index contributed by atoms with van der Waals surface area (Å²) >= 11 is 0. The number of ether oxygens (including phenoxy) is 2. The zero-order valence-electron chi connectivity index (χ0n) is 25.1. The van der Waals surface area contributed by atoms with E-state index in [0.29, 0.717) is 43.0 Å². The molecule has 222 valence electrons. The molecule has 10 heteroatoms. The van der Waals surface area contributed by atoms with Gasteiger partial charge in [0, 0.05) is 62.4 Å². The maximum Gasteiger partial charge on any atom is 0.412 e. The molecule has 1 aliphatic rings. The number of Topliss-reactive ketones (excluding diaryl/α,β-unsaturated/α-hetero) is 1. The number of ketones is 1. The molecule has 0 atom stereocenters.